The van der Waals surface area contributed by atoms with E-state index >= 15 is 0 Å². The number of hydrogen-bond donors (Lipinski definition) is 4. The molecule has 5 N–H and O–H groups in total. The van der Waals surface area contributed by atoms with Gasteiger partial charge in [0.2, 0.25) is 18.1 Å². The van der Waals surface area contributed by atoms with Gasteiger partial charge in [-0.15, -0.1) is 0 Å². The fourth-order valence-corrected chi connectivity index (χ4v) is 3.92. The van der Waals surface area contributed by atoms with Crippen LogP contribution in [0, 0.1) is 11.2 Å². The van der Waals surface area contributed by atoms with Crippen LogP contribution in [0.25, 0.3) is 22.6 Å². The summed E-state index contributed by atoms with van der Waals surface area (Å²) in [6.45, 7) is 2.74. The molecule has 38 heavy (non-hydrogen) atoms. The molecule has 0 radical (unpaired) electrons. The molecular formula is C26H27FN8O3. The monoisotopic (exact) mass is 518 g/mol. The van der Waals surface area contributed by atoms with Crippen LogP contribution in [0.3, 0.4) is 0 Å². The number of aromatic nitrogens is 5. The largest absolute Gasteiger partial charge is 0.354 e. The summed E-state index contributed by atoms with van der Waals surface area (Å²) in [5, 5.41) is 5.92. The highest BCUT2D eigenvalue weighted by Gasteiger charge is 2.40. The average molecular weight is 519 g/mol. The number of carbonyl (C=O) groups is 1. The lowest BCUT2D eigenvalue weighted by Gasteiger charge is -2.35. The van der Waals surface area contributed by atoms with E-state index in [1.165, 1.54) is 12.1 Å². The van der Waals surface area contributed by atoms with Gasteiger partial charge in [0.25, 0.3) is 0 Å². The van der Waals surface area contributed by atoms with Crippen LogP contribution in [0.5, 0.6) is 0 Å². The van der Waals surface area contributed by atoms with E-state index in [-0.39, 0.29) is 24.9 Å². The smallest absolute Gasteiger partial charge is 0.230 e. The highest BCUT2D eigenvalue weighted by Crippen LogP contribution is 2.35. The van der Waals surface area contributed by atoms with Crippen molar-refractivity contribution in [2.24, 2.45) is 11.1 Å². The van der Waals surface area contributed by atoms with Gasteiger partial charge in [0.05, 0.1) is 35.7 Å². The van der Waals surface area contributed by atoms with Crippen LogP contribution in [-0.4, -0.2) is 57.1 Å². The molecular weight excluding hydrogens is 491 g/mol. The van der Waals surface area contributed by atoms with Crippen molar-refractivity contribution in [1.82, 2.24) is 30.2 Å². The quantitative estimate of drug-likeness (QED) is 0.276. The molecule has 1 aromatic carbocycles. The molecule has 0 spiro atoms. The van der Waals surface area contributed by atoms with Crippen molar-refractivity contribution in [2.45, 2.75) is 13.2 Å². The molecule has 0 atom stereocenters. The number of ether oxygens (including phenoxy) is 2. The number of benzene rings is 1. The van der Waals surface area contributed by atoms with Gasteiger partial charge in [-0.25, -0.2) is 19.3 Å². The van der Waals surface area contributed by atoms with Crippen LogP contribution >= 0.6 is 0 Å². The van der Waals surface area contributed by atoms with Crippen molar-refractivity contribution >= 4 is 17.5 Å². The first-order valence-corrected chi connectivity index (χ1v) is 12.0. The Morgan fingerprint density at radius 3 is 2.55 bits per heavy atom. The second kappa shape index (κ2) is 11.0. The van der Waals surface area contributed by atoms with Crippen LogP contribution in [0.2, 0.25) is 0 Å². The van der Waals surface area contributed by atoms with Gasteiger partial charge in [-0.05, 0) is 49.4 Å². The Hall–Kier alpha value is -4.26. The van der Waals surface area contributed by atoms with Gasteiger partial charge in [-0.3, -0.25) is 9.78 Å². The zero-order chi connectivity index (χ0) is 26.5. The molecule has 11 nitrogen and oxygen atoms in total. The van der Waals surface area contributed by atoms with E-state index in [0.29, 0.717) is 47.5 Å². The molecule has 5 rings (SSSR count). The molecule has 1 aliphatic heterocycles. The lowest BCUT2D eigenvalue weighted by atomic mass is 9.91. The summed E-state index contributed by atoms with van der Waals surface area (Å²) in [6, 6.07) is 11.3. The Kier molecular flexibility index (Phi) is 7.36. The van der Waals surface area contributed by atoms with Crippen molar-refractivity contribution in [3.8, 4) is 22.6 Å². The van der Waals surface area contributed by atoms with Gasteiger partial charge in [0.1, 0.15) is 5.82 Å². The molecule has 0 aliphatic carbocycles. The Morgan fingerprint density at radius 1 is 1.11 bits per heavy atom. The normalized spacial score (nSPS) is 19.2. The number of nitrogens with zero attached hydrogens (tertiary/aromatic N) is 4. The summed E-state index contributed by atoms with van der Waals surface area (Å²) in [5.74, 6) is 0.220. The maximum atomic E-state index is 13.7. The Bertz CT molecular complexity index is 1390. The van der Waals surface area contributed by atoms with E-state index in [1.54, 1.807) is 55.8 Å². The number of imidazole rings is 1. The lowest BCUT2D eigenvalue weighted by Crippen LogP contribution is -2.49. The molecule has 1 saturated heterocycles. The summed E-state index contributed by atoms with van der Waals surface area (Å²) in [6.07, 6.45) is 4.11. The van der Waals surface area contributed by atoms with E-state index in [0.717, 1.165) is 5.69 Å². The van der Waals surface area contributed by atoms with Gasteiger partial charge in [-0.2, -0.15) is 0 Å². The van der Waals surface area contributed by atoms with Crippen LogP contribution in [-0.2, 0) is 14.3 Å². The van der Waals surface area contributed by atoms with Crippen molar-refractivity contribution in [3.63, 3.8) is 0 Å². The highest BCUT2D eigenvalue weighted by atomic mass is 19.1. The number of amides is 1. The molecule has 0 unspecified atom stereocenters. The molecule has 4 aromatic rings. The van der Waals surface area contributed by atoms with Crippen LogP contribution in [0.4, 0.5) is 16.0 Å². The standard InChI is InChI=1S/C26H27FN8O3/c1-26(24(36)30-13-9-28)14-37-23(38-15-26)22-34-20(16-2-4-17(27)5-3-16)21(35-22)19-8-12-31-25(33-19)32-18-6-10-29-11-7-18/h2-8,10-12,23H,9,13-15,28H2,1H3,(H,30,36)(H,34,35)(H,29,31,32,33). The number of halogens is 1. The molecule has 0 bridgehead atoms. The molecule has 4 heterocycles. The zero-order valence-corrected chi connectivity index (χ0v) is 20.6. The number of anilines is 2. The van der Waals surface area contributed by atoms with E-state index in [2.05, 4.69) is 30.6 Å². The summed E-state index contributed by atoms with van der Waals surface area (Å²) in [7, 11) is 0. The maximum absolute atomic E-state index is 13.7. The predicted octanol–water partition coefficient (Wildman–Crippen LogP) is 2.94. The fraction of sp³-hybridized carbons (Fsp3) is 0.269. The minimum atomic E-state index is -0.860. The number of carbonyl (C=O) groups excluding carboxylic acids is 1. The van der Waals surface area contributed by atoms with E-state index in [1.807, 2.05) is 0 Å². The first-order chi connectivity index (χ1) is 18.4. The number of pyridine rings is 1. The number of rotatable bonds is 8. The number of H-pyrrole nitrogens is 1. The molecule has 196 valence electrons. The van der Waals surface area contributed by atoms with Gasteiger partial charge >= 0.3 is 0 Å². The summed E-state index contributed by atoms with van der Waals surface area (Å²) in [4.78, 5) is 33.5. The molecule has 1 fully saturated rings. The van der Waals surface area contributed by atoms with Gasteiger partial charge in [0, 0.05) is 42.9 Å². The fourth-order valence-electron chi connectivity index (χ4n) is 3.92. The second-order valence-electron chi connectivity index (χ2n) is 9.04. The average Bonchev–Trinajstić information content (AvgIpc) is 3.39. The lowest BCUT2D eigenvalue weighted by molar-refractivity contribution is -0.231. The third kappa shape index (κ3) is 5.52. The number of nitrogens with one attached hydrogen (secondary N) is 3. The van der Waals surface area contributed by atoms with Crippen molar-refractivity contribution < 1.29 is 18.7 Å². The Labute approximate surface area is 218 Å². The third-order valence-corrected chi connectivity index (χ3v) is 6.00. The summed E-state index contributed by atoms with van der Waals surface area (Å²) >= 11 is 0. The number of aromatic amines is 1. The molecule has 1 amide bonds. The zero-order valence-electron chi connectivity index (χ0n) is 20.6. The van der Waals surface area contributed by atoms with E-state index in [9.17, 15) is 9.18 Å². The summed E-state index contributed by atoms with van der Waals surface area (Å²) < 4.78 is 25.5. The summed E-state index contributed by atoms with van der Waals surface area (Å²) in [5.41, 5.74) is 7.75. The third-order valence-electron chi connectivity index (χ3n) is 6.00. The van der Waals surface area contributed by atoms with E-state index < -0.39 is 11.7 Å². The van der Waals surface area contributed by atoms with Gasteiger partial charge in [-0.1, -0.05) is 0 Å². The van der Waals surface area contributed by atoms with Crippen LogP contribution in [0.1, 0.15) is 19.0 Å². The van der Waals surface area contributed by atoms with Crippen molar-refractivity contribution in [2.75, 3.05) is 31.6 Å². The minimum absolute atomic E-state index is 0.128. The number of hydrogen-bond acceptors (Lipinski definition) is 9. The Morgan fingerprint density at radius 2 is 1.84 bits per heavy atom. The van der Waals surface area contributed by atoms with Gasteiger partial charge < -0.3 is 30.8 Å². The molecule has 12 heteroatoms. The van der Waals surface area contributed by atoms with Gasteiger partial charge in [0.15, 0.2) is 5.82 Å². The predicted molar refractivity (Wildman–Crippen MR) is 137 cm³/mol. The topological polar surface area (TPSA) is 153 Å². The van der Waals surface area contributed by atoms with E-state index in [4.69, 9.17) is 20.2 Å². The second-order valence-corrected chi connectivity index (χ2v) is 9.04. The SMILES string of the molecule is CC1(C(=O)NCCN)COC(c2nc(-c3ccc(F)cc3)c(-c3ccnc(Nc4ccncc4)n3)[nH]2)OC1. The van der Waals surface area contributed by atoms with Crippen molar-refractivity contribution in [1.29, 1.82) is 0 Å². The van der Waals surface area contributed by atoms with Crippen LogP contribution < -0.4 is 16.4 Å². The highest BCUT2D eigenvalue weighted by molar-refractivity contribution is 5.82. The number of nitrogens with two attached hydrogens (primary N) is 1. The molecule has 0 saturated carbocycles. The van der Waals surface area contributed by atoms with Crippen LogP contribution in [0.15, 0.2) is 61.1 Å². The Balaban J connectivity index is 1.44. The molecule has 1 aliphatic rings. The minimum Gasteiger partial charge on any atom is -0.354 e. The first kappa shape index (κ1) is 25.4. The van der Waals surface area contributed by atoms with Crippen molar-refractivity contribution in [3.05, 3.63) is 72.7 Å². The molecule has 3 aromatic heterocycles. The maximum Gasteiger partial charge on any atom is 0.230 e. The first-order valence-electron chi connectivity index (χ1n) is 12.0.